The van der Waals surface area contributed by atoms with Gasteiger partial charge in [-0.15, -0.1) is 0 Å². The van der Waals surface area contributed by atoms with Crippen molar-refractivity contribution in [1.29, 1.82) is 0 Å². The van der Waals surface area contributed by atoms with Gasteiger partial charge in [-0.1, -0.05) is 31.7 Å². The average Bonchev–Trinajstić information content (AvgIpc) is 3.37. The third-order valence-electron chi connectivity index (χ3n) is 5.71. The fourth-order valence-corrected chi connectivity index (χ4v) is 4.43. The number of H-pyrrole nitrogens is 1. The van der Waals surface area contributed by atoms with E-state index in [0.717, 1.165) is 52.8 Å². The molecule has 1 aliphatic rings. The van der Waals surface area contributed by atoms with Crippen molar-refractivity contribution in [3.8, 4) is 11.4 Å². The zero-order valence-electron chi connectivity index (χ0n) is 17.4. The number of thioether (sulfide) groups is 1. The minimum Gasteiger partial charge on any atom is -0.366 e. The molecule has 0 saturated heterocycles. The minimum atomic E-state index is 0.315. The summed E-state index contributed by atoms with van der Waals surface area (Å²) in [6.07, 6.45) is 11.1. The highest BCUT2D eigenvalue weighted by molar-refractivity contribution is 7.98. The van der Waals surface area contributed by atoms with E-state index in [-0.39, 0.29) is 0 Å². The van der Waals surface area contributed by atoms with Crippen LogP contribution in [0.1, 0.15) is 37.1 Å². The Labute approximate surface area is 179 Å². The van der Waals surface area contributed by atoms with Gasteiger partial charge in [0.25, 0.3) is 0 Å². The summed E-state index contributed by atoms with van der Waals surface area (Å²) in [6.45, 7) is 5.30. The monoisotopic (exact) mass is 419 g/mol. The Bertz CT molecular complexity index is 1210. The van der Waals surface area contributed by atoms with Crippen molar-refractivity contribution in [3.05, 3.63) is 53.6 Å². The standard InChI is InChI=1S/C22H25N7S/c1-22(2)7-6-15-17(11-22)27-28-20(15)16-10-18(26-21(25-16)30-3)24-12-14-4-5-19-23-8-9-29(19)13-14/h4-5,8-10,13H,6-7,11-12H2,1-3H3,(H,27,28)(H,24,25,26). The molecule has 0 atom stereocenters. The third-order valence-corrected chi connectivity index (χ3v) is 6.26. The number of hydrogen-bond acceptors (Lipinski definition) is 6. The smallest absolute Gasteiger partial charge is 0.189 e. The maximum absolute atomic E-state index is 4.74. The number of nitrogens with zero attached hydrogens (tertiary/aromatic N) is 5. The first kappa shape index (κ1) is 19.1. The van der Waals surface area contributed by atoms with Crippen LogP contribution in [0, 0.1) is 5.41 Å². The lowest BCUT2D eigenvalue weighted by Gasteiger charge is -2.29. The van der Waals surface area contributed by atoms with Gasteiger partial charge in [0.2, 0.25) is 0 Å². The van der Waals surface area contributed by atoms with Crippen molar-refractivity contribution in [2.45, 2.75) is 44.8 Å². The first-order chi connectivity index (χ1) is 14.5. The van der Waals surface area contributed by atoms with Crippen LogP contribution >= 0.6 is 11.8 Å². The quantitative estimate of drug-likeness (QED) is 0.369. The molecule has 0 fully saturated rings. The molecule has 0 saturated carbocycles. The summed E-state index contributed by atoms with van der Waals surface area (Å²) in [5.41, 5.74) is 6.80. The summed E-state index contributed by atoms with van der Waals surface area (Å²) in [7, 11) is 0. The van der Waals surface area contributed by atoms with Gasteiger partial charge in [0, 0.05) is 42.5 Å². The Kier molecular flexibility index (Phi) is 4.73. The fraction of sp³-hybridized carbons (Fsp3) is 0.364. The van der Waals surface area contributed by atoms with Crippen molar-refractivity contribution in [1.82, 2.24) is 29.5 Å². The van der Waals surface area contributed by atoms with Crippen LogP contribution in [0.5, 0.6) is 0 Å². The topological polar surface area (TPSA) is 83.8 Å². The van der Waals surface area contributed by atoms with Crippen LogP contribution in [0.3, 0.4) is 0 Å². The number of aromatic amines is 1. The summed E-state index contributed by atoms with van der Waals surface area (Å²) in [5.74, 6) is 0.808. The highest BCUT2D eigenvalue weighted by Gasteiger charge is 2.29. The molecule has 0 radical (unpaired) electrons. The van der Waals surface area contributed by atoms with Crippen molar-refractivity contribution in [3.63, 3.8) is 0 Å². The Hall–Kier alpha value is -2.87. The molecule has 0 unspecified atom stereocenters. The van der Waals surface area contributed by atoms with Crippen LogP contribution in [0.25, 0.3) is 17.0 Å². The highest BCUT2D eigenvalue weighted by Crippen LogP contribution is 2.37. The molecule has 0 aliphatic heterocycles. The molecule has 0 spiro atoms. The van der Waals surface area contributed by atoms with Crippen molar-refractivity contribution in [2.75, 3.05) is 11.6 Å². The lowest BCUT2D eigenvalue weighted by Crippen LogP contribution is -2.22. The Morgan fingerprint density at radius 3 is 3.03 bits per heavy atom. The molecule has 8 heteroatoms. The number of aromatic nitrogens is 6. The van der Waals surface area contributed by atoms with E-state index in [1.165, 1.54) is 11.3 Å². The Balaban J connectivity index is 1.42. The van der Waals surface area contributed by atoms with Gasteiger partial charge in [-0.05, 0) is 42.6 Å². The van der Waals surface area contributed by atoms with Crippen LogP contribution in [-0.2, 0) is 19.4 Å². The van der Waals surface area contributed by atoms with Crippen LogP contribution < -0.4 is 5.32 Å². The van der Waals surface area contributed by atoms with Crippen molar-refractivity contribution in [2.24, 2.45) is 5.41 Å². The number of hydrogen-bond donors (Lipinski definition) is 2. The van der Waals surface area contributed by atoms with Gasteiger partial charge >= 0.3 is 0 Å². The van der Waals surface area contributed by atoms with E-state index >= 15 is 0 Å². The van der Waals surface area contributed by atoms with Crippen LogP contribution in [0.2, 0.25) is 0 Å². The second kappa shape index (κ2) is 7.43. The Morgan fingerprint density at radius 2 is 2.17 bits per heavy atom. The number of imidazole rings is 1. The van der Waals surface area contributed by atoms with E-state index in [9.17, 15) is 0 Å². The summed E-state index contributed by atoms with van der Waals surface area (Å²) >= 11 is 1.54. The lowest BCUT2D eigenvalue weighted by atomic mass is 9.76. The second-order valence-electron chi connectivity index (χ2n) is 8.58. The maximum Gasteiger partial charge on any atom is 0.189 e. The molecular formula is C22H25N7S. The van der Waals surface area contributed by atoms with Gasteiger partial charge in [0.15, 0.2) is 5.16 Å². The molecule has 7 nitrogen and oxygen atoms in total. The van der Waals surface area contributed by atoms with E-state index in [1.807, 2.05) is 29.0 Å². The number of fused-ring (bicyclic) bond motifs is 2. The second-order valence-corrected chi connectivity index (χ2v) is 9.35. The number of anilines is 1. The summed E-state index contributed by atoms with van der Waals surface area (Å²) in [4.78, 5) is 13.7. The Morgan fingerprint density at radius 1 is 1.27 bits per heavy atom. The molecule has 2 N–H and O–H groups in total. The van der Waals surface area contributed by atoms with Crippen molar-refractivity contribution >= 4 is 23.2 Å². The number of pyridine rings is 1. The number of rotatable bonds is 5. The largest absolute Gasteiger partial charge is 0.366 e. The molecule has 4 aromatic heterocycles. The van der Waals surface area contributed by atoms with Gasteiger partial charge in [-0.3, -0.25) is 5.10 Å². The third kappa shape index (κ3) is 3.67. The van der Waals surface area contributed by atoms with E-state index in [0.29, 0.717) is 12.0 Å². The fourth-order valence-electron chi connectivity index (χ4n) is 4.05. The zero-order valence-corrected chi connectivity index (χ0v) is 18.3. The maximum atomic E-state index is 4.74. The number of nitrogens with one attached hydrogen (secondary N) is 2. The summed E-state index contributed by atoms with van der Waals surface area (Å²) in [6, 6.07) is 6.11. The predicted molar refractivity (Wildman–Crippen MR) is 120 cm³/mol. The molecule has 0 amide bonds. The molecule has 0 aromatic carbocycles. The minimum absolute atomic E-state index is 0.315. The molecule has 30 heavy (non-hydrogen) atoms. The van der Waals surface area contributed by atoms with Crippen LogP contribution in [0.15, 0.2) is 41.9 Å². The molecule has 1 aliphatic carbocycles. The SMILES string of the molecule is CSc1nc(NCc2ccc3nccn3c2)cc(-c2n[nH]c3c2CCC(C)(C)C3)n1. The molecular weight excluding hydrogens is 394 g/mol. The van der Waals surface area contributed by atoms with Gasteiger partial charge < -0.3 is 9.72 Å². The summed E-state index contributed by atoms with van der Waals surface area (Å²) < 4.78 is 2.02. The normalized spacial score (nSPS) is 15.3. The molecule has 0 bridgehead atoms. The first-order valence-electron chi connectivity index (χ1n) is 10.2. The van der Waals surface area contributed by atoms with E-state index in [2.05, 4.69) is 51.6 Å². The summed E-state index contributed by atoms with van der Waals surface area (Å²) in [5, 5.41) is 12.1. The zero-order chi connectivity index (χ0) is 20.7. The first-order valence-corrected chi connectivity index (χ1v) is 11.4. The van der Waals surface area contributed by atoms with Gasteiger partial charge in [-0.25, -0.2) is 15.0 Å². The van der Waals surface area contributed by atoms with E-state index in [1.54, 1.807) is 18.0 Å². The van der Waals surface area contributed by atoms with E-state index in [4.69, 9.17) is 4.98 Å². The van der Waals surface area contributed by atoms with Crippen molar-refractivity contribution < 1.29 is 0 Å². The lowest BCUT2D eigenvalue weighted by molar-refractivity contribution is 0.312. The average molecular weight is 420 g/mol. The molecule has 5 rings (SSSR count). The van der Waals surface area contributed by atoms with Gasteiger partial charge in [0.1, 0.15) is 17.2 Å². The van der Waals surface area contributed by atoms with Gasteiger partial charge in [-0.2, -0.15) is 5.10 Å². The van der Waals surface area contributed by atoms with Crippen LogP contribution in [-0.4, -0.2) is 35.8 Å². The van der Waals surface area contributed by atoms with E-state index < -0.39 is 0 Å². The molecule has 4 aromatic rings. The van der Waals surface area contributed by atoms with Gasteiger partial charge in [0.05, 0.1) is 5.69 Å². The highest BCUT2D eigenvalue weighted by atomic mass is 32.2. The predicted octanol–water partition coefficient (Wildman–Crippen LogP) is 4.36. The molecule has 4 heterocycles. The van der Waals surface area contributed by atoms with Crippen LogP contribution in [0.4, 0.5) is 5.82 Å². The molecule has 154 valence electrons.